The monoisotopic (exact) mass is 672 g/mol. The van der Waals surface area contributed by atoms with Crippen LogP contribution in [0.4, 0.5) is 5.82 Å². The highest BCUT2D eigenvalue weighted by atomic mass is 31.2. The molecule has 0 N–H and O–H groups in total. The van der Waals surface area contributed by atoms with E-state index in [-0.39, 0.29) is 24.5 Å². The summed E-state index contributed by atoms with van der Waals surface area (Å²) in [6, 6.07) is 40.9. The minimum absolute atomic E-state index is 0.0380. The molecule has 0 spiro atoms. The first-order valence-electron chi connectivity index (χ1n) is 17.6. The quantitative estimate of drug-likeness (QED) is 0.105. The molecule has 49 heavy (non-hydrogen) atoms. The van der Waals surface area contributed by atoms with Gasteiger partial charge in [0.05, 0.1) is 18.5 Å². The minimum Gasteiger partial charge on any atom is -0.462 e. The number of ether oxygens (including phenoxy) is 1. The summed E-state index contributed by atoms with van der Waals surface area (Å²) < 4.78 is 7.17. The van der Waals surface area contributed by atoms with E-state index in [1.807, 2.05) is 13.8 Å². The van der Waals surface area contributed by atoms with Crippen LogP contribution in [0.1, 0.15) is 69.3 Å². The Hall–Kier alpha value is -4.54. The van der Waals surface area contributed by atoms with Crippen LogP contribution in [-0.2, 0) is 15.7 Å². The maximum absolute atomic E-state index is 14.0. The molecule has 1 amide bonds. The number of hydrogen-bond donors (Lipinski definition) is 0. The highest BCUT2D eigenvalue weighted by Gasteiger charge is 2.45. The van der Waals surface area contributed by atoms with E-state index >= 15 is 0 Å². The molecule has 0 atom stereocenters. The number of hydrogen-bond acceptors (Lipinski definition) is 4. The van der Waals surface area contributed by atoms with Gasteiger partial charge in [-0.25, -0.2) is 9.48 Å². The predicted molar refractivity (Wildman–Crippen MR) is 202 cm³/mol. The van der Waals surface area contributed by atoms with Gasteiger partial charge in [0.15, 0.2) is 5.82 Å². The fourth-order valence-electron chi connectivity index (χ4n) is 7.13. The summed E-state index contributed by atoms with van der Waals surface area (Å²) in [4.78, 5) is 29.0. The fraction of sp³-hybridized carbons (Fsp3) is 0.310. The van der Waals surface area contributed by atoms with Crippen molar-refractivity contribution >= 4 is 40.9 Å². The first kappa shape index (κ1) is 34.3. The van der Waals surface area contributed by atoms with Gasteiger partial charge in [-0.05, 0) is 106 Å². The van der Waals surface area contributed by atoms with Gasteiger partial charge >= 0.3 is 5.97 Å². The first-order valence-corrected chi connectivity index (χ1v) is 19.5. The SMILES string of the molecule is CCOC(=O)c1cn(-c2ccc(C[P+](c3ccccc3)(c3ccccc3)c3ccccc3)cc2)nc1N(C(=O)C1CCC(C)CC1)C(C)C. The zero-order valence-corrected chi connectivity index (χ0v) is 29.9. The van der Waals surface area contributed by atoms with Crippen molar-refractivity contribution in [2.75, 3.05) is 11.5 Å². The summed E-state index contributed by atoms with van der Waals surface area (Å²) in [7, 11) is -2.07. The number of anilines is 1. The van der Waals surface area contributed by atoms with Crippen LogP contribution in [0.5, 0.6) is 0 Å². The molecule has 4 aromatic carbocycles. The molecule has 0 bridgehead atoms. The van der Waals surface area contributed by atoms with Gasteiger partial charge in [0, 0.05) is 18.2 Å². The highest BCUT2D eigenvalue weighted by molar-refractivity contribution is 7.95. The lowest BCUT2D eigenvalue weighted by Gasteiger charge is -2.32. The van der Waals surface area contributed by atoms with Gasteiger partial charge in [-0.15, -0.1) is 5.10 Å². The van der Waals surface area contributed by atoms with E-state index in [4.69, 9.17) is 9.84 Å². The van der Waals surface area contributed by atoms with Crippen molar-refractivity contribution in [3.8, 4) is 5.69 Å². The normalized spacial score (nSPS) is 16.3. The average molecular weight is 673 g/mol. The molecule has 6 nitrogen and oxygen atoms in total. The number of benzene rings is 4. The number of amides is 1. The van der Waals surface area contributed by atoms with Gasteiger partial charge in [-0.1, -0.05) is 73.7 Å². The van der Waals surface area contributed by atoms with Gasteiger partial charge < -0.3 is 4.74 Å². The van der Waals surface area contributed by atoms with E-state index in [0.717, 1.165) is 37.5 Å². The Morgan fingerprint density at radius 3 is 1.78 bits per heavy atom. The van der Waals surface area contributed by atoms with E-state index in [1.54, 1.807) is 22.7 Å². The lowest BCUT2D eigenvalue weighted by Crippen LogP contribution is -2.43. The molecule has 1 aliphatic rings. The van der Waals surface area contributed by atoms with Crippen LogP contribution in [0.25, 0.3) is 5.69 Å². The van der Waals surface area contributed by atoms with Crippen LogP contribution >= 0.6 is 7.26 Å². The molecule has 1 aromatic heterocycles. The third-order valence-electron chi connectivity index (χ3n) is 9.75. The third-order valence-corrected chi connectivity index (χ3v) is 14.1. The molecule has 7 heteroatoms. The van der Waals surface area contributed by atoms with Gasteiger partial charge in [0.25, 0.3) is 0 Å². The van der Waals surface area contributed by atoms with Gasteiger partial charge in [-0.2, -0.15) is 0 Å². The summed E-state index contributed by atoms with van der Waals surface area (Å²) in [5.41, 5.74) is 2.32. The summed E-state index contributed by atoms with van der Waals surface area (Å²) in [6.07, 6.45) is 6.35. The molecule has 252 valence electrons. The van der Waals surface area contributed by atoms with Crippen molar-refractivity contribution < 1.29 is 14.3 Å². The van der Waals surface area contributed by atoms with E-state index in [1.165, 1.54) is 21.5 Å². The Bertz CT molecular complexity index is 1730. The Morgan fingerprint density at radius 2 is 1.31 bits per heavy atom. The zero-order valence-electron chi connectivity index (χ0n) is 29.0. The fourth-order valence-corrected chi connectivity index (χ4v) is 11.4. The maximum atomic E-state index is 14.0. The molecule has 1 aliphatic carbocycles. The second-order valence-corrected chi connectivity index (χ2v) is 16.9. The van der Waals surface area contributed by atoms with Crippen molar-refractivity contribution in [1.82, 2.24) is 9.78 Å². The van der Waals surface area contributed by atoms with Crippen molar-refractivity contribution in [2.24, 2.45) is 11.8 Å². The summed E-state index contributed by atoms with van der Waals surface area (Å²) in [5, 5.41) is 8.91. The summed E-state index contributed by atoms with van der Waals surface area (Å²) >= 11 is 0. The molecule has 0 aliphatic heterocycles. The molecule has 6 rings (SSSR count). The second-order valence-electron chi connectivity index (χ2n) is 13.4. The Labute approximate surface area is 291 Å². The number of esters is 1. The van der Waals surface area contributed by atoms with Crippen LogP contribution in [0.15, 0.2) is 121 Å². The second kappa shape index (κ2) is 15.3. The van der Waals surface area contributed by atoms with Crippen molar-refractivity contribution in [2.45, 2.75) is 65.6 Å². The van der Waals surface area contributed by atoms with Crippen LogP contribution in [0, 0.1) is 11.8 Å². The number of nitrogens with zero attached hydrogens (tertiary/aromatic N) is 3. The molecule has 1 saturated carbocycles. The van der Waals surface area contributed by atoms with Crippen molar-refractivity contribution in [3.63, 3.8) is 0 Å². The molecular weight excluding hydrogens is 625 g/mol. The number of carbonyl (C=O) groups is 2. The molecule has 5 aromatic rings. The van der Waals surface area contributed by atoms with E-state index in [9.17, 15) is 9.59 Å². The number of carbonyl (C=O) groups excluding carboxylic acids is 2. The highest BCUT2D eigenvalue weighted by Crippen LogP contribution is 2.58. The van der Waals surface area contributed by atoms with Crippen molar-refractivity contribution in [3.05, 3.63) is 133 Å². The third kappa shape index (κ3) is 7.26. The predicted octanol–water partition coefficient (Wildman–Crippen LogP) is 8.11. The number of aromatic nitrogens is 2. The molecule has 1 heterocycles. The maximum Gasteiger partial charge on any atom is 0.343 e. The topological polar surface area (TPSA) is 64.4 Å². The standard InChI is InChI=1S/C42H47N3O3P/c1-5-48-42(47)39-29-44(43-40(39)45(31(2)3)41(46)34-25-21-32(4)22-26-34)35-27-23-33(24-28-35)30-49(36-15-9-6-10-16-36,37-17-11-7-12-18-37)38-19-13-8-14-20-38/h6-20,23-24,27-29,31-32,34H,5,21-22,25-26,30H2,1-4H3/q+1. The van der Waals surface area contributed by atoms with Gasteiger partial charge in [-0.3, -0.25) is 9.69 Å². The van der Waals surface area contributed by atoms with Crippen LogP contribution in [0.3, 0.4) is 0 Å². The van der Waals surface area contributed by atoms with E-state index < -0.39 is 13.2 Å². The first-order chi connectivity index (χ1) is 23.8. The Kier molecular flexibility index (Phi) is 10.7. The minimum atomic E-state index is -2.07. The van der Waals surface area contributed by atoms with Crippen LogP contribution < -0.4 is 20.8 Å². The summed E-state index contributed by atoms with van der Waals surface area (Å²) in [5.74, 6) is 0.494. The van der Waals surface area contributed by atoms with Crippen LogP contribution in [-0.4, -0.2) is 34.3 Å². The van der Waals surface area contributed by atoms with Gasteiger partial charge in [0.1, 0.15) is 28.7 Å². The van der Waals surface area contributed by atoms with Crippen molar-refractivity contribution in [1.29, 1.82) is 0 Å². The van der Waals surface area contributed by atoms with Gasteiger partial charge in [0.2, 0.25) is 5.91 Å². The Balaban J connectivity index is 1.38. The Morgan fingerprint density at radius 1 is 0.796 bits per heavy atom. The lowest BCUT2D eigenvalue weighted by atomic mass is 9.82. The zero-order chi connectivity index (χ0) is 34.4. The number of rotatable bonds is 11. The lowest BCUT2D eigenvalue weighted by molar-refractivity contribution is -0.124. The molecule has 0 saturated heterocycles. The molecule has 0 radical (unpaired) electrons. The smallest absolute Gasteiger partial charge is 0.343 e. The van der Waals surface area contributed by atoms with E-state index in [0.29, 0.717) is 17.3 Å². The largest absolute Gasteiger partial charge is 0.462 e. The summed E-state index contributed by atoms with van der Waals surface area (Å²) in [6.45, 7) is 8.24. The molecular formula is C42H47N3O3P+. The molecule has 1 fully saturated rings. The van der Waals surface area contributed by atoms with E-state index in [2.05, 4.69) is 122 Å². The average Bonchev–Trinajstić information content (AvgIpc) is 3.57. The van der Waals surface area contributed by atoms with Crippen LogP contribution in [0.2, 0.25) is 0 Å². The molecule has 0 unspecified atom stereocenters.